The van der Waals surface area contributed by atoms with Gasteiger partial charge in [0.25, 0.3) is 5.91 Å². The van der Waals surface area contributed by atoms with Gasteiger partial charge in [-0.05, 0) is 84.7 Å². The van der Waals surface area contributed by atoms with Gasteiger partial charge in [0.1, 0.15) is 5.75 Å². The van der Waals surface area contributed by atoms with E-state index in [1.807, 2.05) is 37.3 Å². The normalized spacial score (nSPS) is 27.1. The van der Waals surface area contributed by atoms with Gasteiger partial charge in [-0.1, -0.05) is 41.7 Å². The molecule has 8 rings (SSSR count). The topological polar surface area (TPSA) is 109 Å². The number of amides is 3. The Morgan fingerprint density at radius 3 is 2.44 bits per heavy atom. The van der Waals surface area contributed by atoms with Crippen LogP contribution in [0, 0.1) is 36.5 Å². The summed E-state index contributed by atoms with van der Waals surface area (Å²) >= 11 is 2.67. The SMILES string of the molecule is Cc1cccc(NC(=O)COc2ccc([C@H]3c4sc(=O)[nH]c4SC4C5CC(C6C(=O)N(c7cccc(C(F)(F)F)c7)C(=O)C56)C43)cc2)c1. The number of aromatic nitrogens is 1. The van der Waals surface area contributed by atoms with Crippen molar-refractivity contribution < 1.29 is 32.3 Å². The molecular weight excluding hydrogens is 664 g/mol. The van der Waals surface area contributed by atoms with Gasteiger partial charge < -0.3 is 15.0 Å². The Balaban J connectivity index is 1.06. The highest BCUT2D eigenvalue weighted by molar-refractivity contribution is 8.00. The van der Waals surface area contributed by atoms with E-state index in [-0.39, 0.29) is 52.0 Å². The maximum Gasteiger partial charge on any atom is 0.416 e. The number of aromatic amines is 1. The first kappa shape index (κ1) is 30.9. The van der Waals surface area contributed by atoms with Gasteiger partial charge in [-0.3, -0.25) is 24.1 Å². The summed E-state index contributed by atoms with van der Waals surface area (Å²) in [5.41, 5.74) is 1.63. The number of aryl methyl sites for hydroxylation is 1. The molecule has 4 aromatic rings. The largest absolute Gasteiger partial charge is 0.484 e. The minimum Gasteiger partial charge on any atom is -0.484 e. The molecule has 13 heteroatoms. The Morgan fingerprint density at radius 1 is 0.979 bits per heavy atom. The maximum absolute atomic E-state index is 13.9. The number of thiazole rings is 1. The Hall–Kier alpha value is -4.36. The molecule has 3 fully saturated rings. The lowest BCUT2D eigenvalue weighted by Crippen LogP contribution is -2.42. The van der Waals surface area contributed by atoms with E-state index in [9.17, 15) is 32.3 Å². The van der Waals surface area contributed by atoms with Crippen LogP contribution in [-0.4, -0.2) is 34.6 Å². The molecule has 2 N–H and O–H groups in total. The van der Waals surface area contributed by atoms with Crippen LogP contribution in [-0.2, 0) is 20.6 Å². The van der Waals surface area contributed by atoms with Crippen molar-refractivity contribution in [1.29, 1.82) is 0 Å². The number of anilines is 2. The average Bonchev–Trinajstić information content (AvgIpc) is 3.78. The molecule has 1 saturated heterocycles. The zero-order chi connectivity index (χ0) is 33.5. The van der Waals surface area contributed by atoms with Crippen molar-refractivity contribution in [2.24, 2.45) is 29.6 Å². The minimum absolute atomic E-state index is 0.0626. The van der Waals surface area contributed by atoms with Crippen LogP contribution < -0.4 is 19.8 Å². The van der Waals surface area contributed by atoms with E-state index in [0.717, 1.165) is 49.4 Å². The number of halogens is 3. The standard InChI is InChI=1S/C35H28F3N3O5S2/c1-16-4-2-6-19(12-16)39-24(42)15-46-21-10-8-17(9-11-21)25-26-22-14-23(29(26)47-31-30(25)48-34(45)40-31)28-27(22)32(43)41(33(28)44)20-7-3-5-18(13-20)35(36,37)38/h2-13,22-23,25-29H,14-15H2,1H3,(H,39,42)(H,40,45)/t22?,23?,25-,26?,27?,28?,29?/m1/s1. The van der Waals surface area contributed by atoms with Gasteiger partial charge in [-0.15, -0.1) is 11.8 Å². The number of alkyl halides is 3. The first-order valence-corrected chi connectivity index (χ1v) is 17.2. The van der Waals surface area contributed by atoms with Crippen LogP contribution in [0.1, 0.15) is 33.9 Å². The van der Waals surface area contributed by atoms with Gasteiger partial charge in [-0.25, -0.2) is 0 Å². The highest BCUT2D eigenvalue weighted by Gasteiger charge is 2.69. The number of fused-ring (bicyclic) bond motifs is 9. The van der Waals surface area contributed by atoms with Gasteiger partial charge in [0.15, 0.2) is 6.61 Å². The Morgan fingerprint density at radius 2 is 1.71 bits per heavy atom. The van der Waals surface area contributed by atoms with Crippen LogP contribution in [0.2, 0.25) is 0 Å². The van der Waals surface area contributed by atoms with E-state index in [1.165, 1.54) is 23.9 Å². The molecule has 7 atom stereocenters. The first-order valence-electron chi connectivity index (χ1n) is 15.5. The molecule has 3 heterocycles. The lowest BCUT2D eigenvalue weighted by atomic mass is 9.68. The highest BCUT2D eigenvalue weighted by Crippen LogP contribution is 2.68. The fourth-order valence-corrected chi connectivity index (χ4v) is 11.2. The summed E-state index contributed by atoms with van der Waals surface area (Å²) in [6, 6.07) is 19.2. The summed E-state index contributed by atoms with van der Waals surface area (Å²) in [5, 5.41) is 3.49. The summed E-state index contributed by atoms with van der Waals surface area (Å²) in [5.74, 6) is -2.68. The number of hydrogen-bond donors (Lipinski definition) is 2. The number of benzene rings is 3. The maximum atomic E-state index is 13.9. The third-order valence-corrected chi connectivity index (χ3v) is 12.7. The van der Waals surface area contributed by atoms with Crippen molar-refractivity contribution in [2.45, 2.75) is 35.7 Å². The molecule has 2 aliphatic carbocycles. The van der Waals surface area contributed by atoms with Crippen LogP contribution in [0.15, 0.2) is 82.6 Å². The molecular formula is C35H28F3N3O5S2. The number of H-pyrrole nitrogens is 1. The van der Waals surface area contributed by atoms with E-state index >= 15 is 0 Å². The molecule has 3 amide bonds. The van der Waals surface area contributed by atoms with Crippen molar-refractivity contribution in [1.82, 2.24) is 4.98 Å². The molecule has 246 valence electrons. The average molecular weight is 692 g/mol. The Bertz CT molecular complexity index is 2030. The number of hydrogen-bond acceptors (Lipinski definition) is 7. The van der Waals surface area contributed by atoms with E-state index in [1.54, 1.807) is 18.2 Å². The molecule has 0 spiro atoms. The van der Waals surface area contributed by atoms with Gasteiger partial charge in [0, 0.05) is 21.7 Å². The summed E-state index contributed by atoms with van der Waals surface area (Å²) in [7, 11) is 0. The molecule has 48 heavy (non-hydrogen) atoms. The number of carbonyl (C=O) groups excluding carboxylic acids is 3. The van der Waals surface area contributed by atoms with Gasteiger partial charge in [-0.2, -0.15) is 13.2 Å². The number of thioether (sulfide) groups is 1. The fraction of sp³-hybridized carbons (Fsp3) is 0.314. The second-order valence-electron chi connectivity index (χ2n) is 12.8. The van der Waals surface area contributed by atoms with E-state index in [4.69, 9.17) is 4.74 Å². The lowest BCUT2D eigenvalue weighted by molar-refractivity contribution is -0.137. The third-order valence-electron chi connectivity index (χ3n) is 10.1. The number of carbonyl (C=O) groups is 3. The summed E-state index contributed by atoms with van der Waals surface area (Å²) in [6.45, 7) is 1.75. The number of imide groups is 1. The zero-order valence-electron chi connectivity index (χ0n) is 25.3. The molecule has 2 saturated carbocycles. The summed E-state index contributed by atoms with van der Waals surface area (Å²) < 4.78 is 46.3. The molecule has 3 aromatic carbocycles. The van der Waals surface area contributed by atoms with Crippen molar-refractivity contribution in [3.05, 3.63) is 104 Å². The number of ether oxygens (including phenoxy) is 1. The van der Waals surface area contributed by atoms with Crippen LogP contribution in [0.4, 0.5) is 24.5 Å². The number of nitrogens with zero attached hydrogens (tertiary/aromatic N) is 1. The molecule has 2 aliphatic heterocycles. The second kappa shape index (κ2) is 11.4. The Kier molecular flexibility index (Phi) is 7.33. The molecule has 6 unspecified atom stereocenters. The monoisotopic (exact) mass is 691 g/mol. The van der Waals surface area contributed by atoms with Crippen molar-refractivity contribution in [2.75, 3.05) is 16.8 Å². The quantitative estimate of drug-likeness (QED) is 0.225. The molecule has 8 nitrogen and oxygen atoms in total. The summed E-state index contributed by atoms with van der Waals surface area (Å²) in [4.78, 5) is 57.4. The van der Waals surface area contributed by atoms with E-state index in [2.05, 4.69) is 10.3 Å². The van der Waals surface area contributed by atoms with Crippen molar-refractivity contribution in [3.8, 4) is 5.75 Å². The molecule has 2 bridgehead atoms. The number of rotatable bonds is 6. The van der Waals surface area contributed by atoms with Crippen LogP contribution in [0.3, 0.4) is 0 Å². The molecule has 4 aliphatic rings. The predicted molar refractivity (Wildman–Crippen MR) is 174 cm³/mol. The zero-order valence-corrected chi connectivity index (χ0v) is 27.0. The van der Waals surface area contributed by atoms with Crippen LogP contribution in [0.5, 0.6) is 5.75 Å². The lowest BCUT2D eigenvalue weighted by Gasteiger charge is -2.43. The van der Waals surface area contributed by atoms with E-state index in [0.29, 0.717) is 17.9 Å². The smallest absolute Gasteiger partial charge is 0.416 e. The van der Waals surface area contributed by atoms with E-state index < -0.39 is 35.4 Å². The second-order valence-corrected chi connectivity index (χ2v) is 15.0. The van der Waals surface area contributed by atoms with Crippen LogP contribution >= 0.6 is 23.1 Å². The minimum atomic E-state index is -4.61. The highest BCUT2D eigenvalue weighted by atomic mass is 32.2. The Labute approximate surface area is 280 Å². The first-order chi connectivity index (χ1) is 23.0. The van der Waals surface area contributed by atoms with Gasteiger partial charge in [0.2, 0.25) is 11.8 Å². The molecule has 1 aromatic heterocycles. The fourth-order valence-electron chi connectivity index (χ4n) is 8.31. The van der Waals surface area contributed by atoms with Crippen molar-refractivity contribution in [3.63, 3.8) is 0 Å². The van der Waals surface area contributed by atoms with Crippen LogP contribution in [0.25, 0.3) is 0 Å². The van der Waals surface area contributed by atoms with Gasteiger partial charge in [0.05, 0.1) is 28.1 Å². The van der Waals surface area contributed by atoms with Gasteiger partial charge >= 0.3 is 11.0 Å². The third kappa shape index (κ3) is 5.06. The number of nitrogens with one attached hydrogen (secondary N) is 2. The summed E-state index contributed by atoms with van der Waals surface area (Å²) in [6.07, 6.45) is -3.96. The van der Waals surface area contributed by atoms with Crippen molar-refractivity contribution >= 4 is 52.2 Å². The predicted octanol–water partition coefficient (Wildman–Crippen LogP) is 6.46. The molecule has 0 radical (unpaired) electrons.